The first-order valence-corrected chi connectivity index (χ1v) is 9.09. The van der Waals surface area contributed by atoms with E-state index in [-0.39, 0.29) is 16.5 Å². The van der Waals surface area contributed by atoms with E-state index in [2.05, 4.69) is 10.0 Å². The van der Waals surface area contributed by atoms with Crippen molar-refractivity contribution < 1.29 is 23.0 Å². The normalized spacial score (nSPS) is 11.5. The maximum absolute atomic E-state index is 12.3. The monoisotopic (exact) mass is 398 g/mol. The predicted molar refractivity (Wildman–Crippen MR) is 101 cm³/mol. The topological polar surface area (TPSA) is 96.9 Å². The molecule has 0 aliphatic heterocycles. The van der Waals surface area contributed by atoms with Gasteiger partial charge in [0.15, 0.2) is 11.5 Å². The van der Waals surface area contributed by atoms with Gasteiger partial charge in [-0.1, -0.05) is 17.7 Å². The molecule has 1 atom stereocenters. The van der Waals surface area contributed by atoms with E-state index >= 15 is 0 Å². The fraction of sp³-hybridized carbons (Fsp3) is 0.235. The number of rotatable bonds is 8. The maximum Gasteiger partial charge on any atom is 0.259 e. The van der Waals surface area contributed by atoms with Gasteiger partial charge in [0.2, 0.25) is 0 Å². The van der Waals surface area contributed by atoms with Crippen molar-refractivity contribution in [3.05, 3.63) is 52.5 Å². The van der Waals surface area contributed by atoms with Crippen LogP contribution in [0, 0.1) is 0 Å². The summed E-state index contributed by atoms with van der Waals surface area (Å²) >= 11 is 3.81. The van der Waals surface area contributed by atoms with Gasteiger partial charge in [-0.25, -0.2) is 4.21 Å². The van der Waals surface area contributed by atoms with Crippen molar-refractivity contribution in [1.82, 2.24) is 5.32 Å². The second kappa shape index (κ2) is 9.42. The van der Waals surface area contributed by atoms with Crippen molar-refractivity contribution >= 4 is 34.5 Å². The summed E-state index contributed by atoms with van der Waals surface area (Å²) < 4.78 is 32.4. The number of carbonyl (C=O) groups is 1. The average Bonchev–Trinajstić information content (AvgIpc) is 2.62. The molecular weight excluding hydrogens is 380 g/mol. The fourth-order valence-corrected chi connectivity index (χ4v) is 2.85. The molecule has 0 fully saturated rings. The van der Waals surface area contributed by atoms with Gasteiger partial charge >= 0.3 is 0 Å². The minimum atomic E-state index is -2.23. The Kier molecular flexibility index (Phi) is 7.26. The molecule has 2 aromatic carbocycles. The fourth-order valence-electron chi connectivity index (χ4n) is 2.32. The van der Waals surface area contributed by atoms with Crippen LogP contribution in [-0.2, 0) is 17.7 Å². The number of ether oxygens (including phenoxy) is 2. The van der Waals surface area contributed by atoms with E-state index in [4.69, 9.17) is 25.6 Å². The van der Waals surface area contributed by atoms with E-state index in [0.717, 1.165) is 5.56 Å². The first-order chi connectivity index (χ1) is 12.4. The van der Waals surface area contributed by atoms with E-state index in [9.17, 15) is 9.00 Å². The molecule has 0 bridgehead atoms. The van der Waals surface area contributed by atoms with Gasteiger partial charge in [0.25, 0.3) is 17.2 Å². The number of hydrogen-bond acceptors (Lipinski definition) is 4. The Morgan fingerprint density at radius 3 is 2.54 bits per heavy atom. The van der Waals surface area contributed by atoms with Crippen LogP contribution < -0.4 is 19.5 Å². The highest BCUT2D eigenvalue weighted by atomic mass is 35.5. The third-order valence-electron chi connectivity index (χ3n) is 3.56. The van der Waals surface area contributed by atoms with Gasteiger partial charge in [-0.15, -0.1) is 0 Å². The summed E-state index contributed by atoms with van der Waals surface area (Å²) in [5, 5.41) is 3.03. The zero-order valence-electron chi connectivity index (χ0n) is 14.2. The third kappa shape index (κ3) is 5.35. The Bertz CT molecular complexity index is 816. The molecule has 3 N–H and O–H groups in total. The second-order valence-corrected chi connectivity index (χ2v) is 6.35. The van der Waals surface area contributed by atoms with Gasteiger partial charge in [0.05, 0.1) is 24.8 Å². The molecule has 0 aliphatic carbocycles. The van der Waals surface area contributed by atoms with Crippen LogP contribution in [0.2, 0.25) is 5.02 Å². The highest BCUT2D eigenvalue weighted by Crippen LogP contribution is 2.27. The molecule has 0 aliphatic rings. The van der Waals surface area contributed by atoms with E-state index in [0.29, 0.717) is 30.2 Å². The zero-order chi connectivity index (χ0) is 19.1. The molecular formula is C17H19ClN2O5S. The van der Waals surface area contributed by atoms with E-state index in [1.807, 2.05) is 12.1 Å². The molecule has 2 aromatic rings. The number of halogens is 1. The summed E-state index contributed by atoms with van der Waals surface area (Å²) in [4.78, 5) is 12.3. The van der Waals surface area contributed by atoms with Crippen LogP contribution in [0.5, 0.6) is 11.5 Å². The van der Waals surface area contributed by atoms with Gasteiger partial charge in [-0.2, -0.15) is 0 Å². The molecule has 0 radical (unpaired) electrons. The van der Waals surface area contributed by atoms with Gasteiger partial charge in [-0.3, -0.25) is 14.1 Å². The van der Waals surface area contributed by atoms with Crippen molar-refractivity contribution in [2.75, 3.05) is 25.5 Å². The Balaban J connectivity index is 2.00. The molecule has 0 saturated heterocycles. The summed E-state index contributed by atoms with van der Waals surface area (Å²) in [5.41, 5.74) is 1.51. The molecule has 0 spiro atoms. The quantitative estimate of drug-likeness (QED) is 0.594. The van der Waals surface area contributed by atoms with Gasteiger partial charge in [-0.05, 0) is 42.3 Å². The largest absolute Gasteiger partial charge is 0.493 e. The molecule has 7 nitrogen and oxygen atoms in total. The molecule has 0 saturated carbocycles. The van der Waals surface area contributed by atoms with Crippen LogP contribution in [0.25, 0.3) is 0 Å². The van der Waals surface area contributed by atoms with Crippen molar-refractivity contribution in [2.45, 2.75) is 6.42 Å². The smallest absolute Gasteiger partial charge is 0.259 e. The van der Waals surface area contributed by atoms with E-state index < -0.39 is 11.3 Å². The van der Waals surface area contributed by atoms with Gasteiger partial charge in [0.1, 0.15) is 0 Å². The van der Waals surface area contributed by atoms with Crippen LogP contribution in [-0.4, -0.2) is 35.4 Å². The van der Waals surface area contributed by atoms with Crippen molar-refractivity contribution in [3.8, 4) is 11.5 Å². The summed E-state index contributed by atoms with van der Waals surface area (Å²) in [7, 11) is 3.13. The van der Waals surface area contributed by atoms with Crippen LogP contribution in [0.3, 0.4) is 0 Å². The number of amides is 1. The lowest BCUT2D eigenvalue weighted by Gasteiger charge is -2.11. The Labute approximate surface area is 159 Å². The van der Waals surface area contributed by atoms with E-state index in [1.54, 1.807) is 20.3 Å². The number of anilines is 1. The zero-order valence-corrected chi connectivity index (χ0v) is 15.8. The summed E-state index contributed by atoms with van der Waals surface area (Å²) in [6.45, 7) is 0.383. The lowest BCUT2D eigenvalue weighted by atomic mass is 10.1. The van der Waals surface area contributed by atoms with Crippen LogP contribution in [0.15, 0.2) is 36.4 Å². The molecule has 26 heavy (non-hydrogen) atoms. The SMILES string of the molecule is COc1ccc(CCNC(=O)c2cc(NS(=O)O)ccc2Cl)cc1OC. The van der Waals surface area contributed by atoms with Crippen molar-refractivity contribution in [3.63, 3.8) is 0 Å². The Morgan fingerprint density at radius 2 is 1.88 bits per heavy atom. The molecule has 9 heteroatoms. The molecule has 2 rings (SSSR count). The van der Waals surface area contributed by atoms with Gasteiger partial charge < -0.3 is 14.8 Å². The average molecular weight is 399 g/mol. The molecule has 1 unspecified atom stereocenters. The van der Waals surface area contributed by atoms with Crippen LogP contribution >= 0.6 is 11.6 Å². The number of methoxy groups -OCH3 is 2. The number of nitrogens with one attached hydrogen (secondary N) is 2. The standard InChI is InChI=1S/C17H19ClN2O5S/c1-24-15-6-3-11(9-16(15)25-2)7-8-19-17(21)13-10-12(20-26(22)23)4-5-14(13)18/h3-6,9-10,20H,7-8H2,1-2H3,(H,19,21)(H,22,23). The van der Waals surface area contributed by atoms with E-state index in [1.165, 1.54) is 18.2 Å². The number of carbonyl (C=O) groups excluding carboxylic acids is 1. The summed E-state index contributed by atoms with van der Waals surface area (Å²) in [5.74, 6) is 0.885. The summed E-state index contributed by atoms with van der Waals surface area (Å²) in [6.07, 6.45) is 0.586. The molecule has 140 valence electrons. The minimum Gasteiger partial charge on any atom is -0.493 e. The highest BCUT2D eigenvalue weighted by Gasteiger charge is 2.12. The molecule has 1 amide bonds. The summed E-state index contributed by atoms with van der Waals surface area (Å²) in [6, 6.07) is 9.96. The minimum absolute atomic E-state index is 0.217. The first-order valence-electron chi connectivity index (χ1n) is 7.60. The first kappa shape index (κ1) is 20.0. The molecule has 0 heterocycles. The van der Waals surface area contributed by atoms with Crippen LogP contribution in [0.4, 0.5) is 5.69 Å². The lowest BCUT2D eigenvalue weighted by Crippen LogP contribution is -2.26. The Morgan fingerprint density at radius 1 is 1.15 bits per heavy atom. The third-order valence-corrected chi connectivity index (χ3v) is 4.30. The van der Waals surface area contributed by atoms with Crippen molar-refractivity contribution in [2.24, 2.45) is 0 Å². The predicted octanol–water partition coefficient (Wildman–Crippen LogP) is 2.88. The number of hydrogen-bond donors (Lipinski definition) is 3. The Hall–Kier alpha value is -2.29. The second-order valence-electron chi connectivity index (χ2n) is 5.24. The lowest BCUT2D eigenvalue weighted by molar-refractivity contribution is 0.0954. The number of benzene rings is 2. The highest BCUT2D eigenvalue weighted by molar-refractivity contribution is 7.80. The maximum atomic E-state index is 12.3. The van der Waals surface area contributed by atoms with Crippen molar-refractivity contribution in [1.29, 1.82) is 0 Å². The van der Waals surface area contributed by atoms with Gasteiger partial charge in [0, 0.05) is 12.2 Å². The molecule has 0 aromatic heterocycles. The van der Waals surface area contributed by atoms with Crippen LogP contribution in [0.1, 0.15) is 15.9 Å².